The first-order chi connectivity index (χ1) is 17.2. The maximum absolute atomic E-state index is 13.6. The molecule has 1 fully saturated rings. The molecule has 5 nitrogen and oxygen atoms in total. The van der Waals surface area contributed by atoms with Gasteiger partial charge in [-0.3, -0.25) is 19.8 Å². The molecular weight excluding hydrogens is 513 g/mol. The quantitative estimate of drug-likeness (QED) is 0.186. The number of nitrogens with zero attached hydrogens (tertiary/aromatic N) is 2. The van der Waals surface area contributed by atoms with Crippen molar-refractivity contribution in [3.05, 3.63) is 105 Å². The number of nitrogens with one attached hydrogen (secondary N) is 1. The summed E-state index contributed by atoms with van der Waals surface area (Å²) in [5.74, 6) is -0.991. The molecule has 2 amide bonds. The number of benzene rings is 3. The lowest BCUT2D eigenvalue weighted by Crippen LogP contribution is -2.54. The fraction of sp³-hybridized carbons (Fsp3) is 0.107. The van der Waals surface area contributed by atoms with Crippen LogP contribution in [0.4, 0.5) is 5.69 Å². The van der Waals surface area contributed by atoms with Crippen molar-refractivity contribution in [1.82, 2.24) is 9.88 Å². The summed E-state index contributed by atoms with van der Waals surface area (Å²) in [6.45, 7) is 4.40. The van der Waals surface area contributed by atoms with Crippen molar-refractivity contribution in [2.75, 3.05) is 4.90 Å². The number of carbonyl (C=O) groups excluding carboxylic acids is 2. The molecule has 2 heterocycles. The second-order valence-electron chi connectivity index (χ2n) is 8.77. The number of thiocarbonyl (C=S) groups is 1. The monoisotopic (exact) mass is 533 g/mol. The molecule has 8 heteroatoms. The molecule has 1 aliphatic heterocycles. The predicted octanol–water partition coefficient (Wildman–Crippen LogP) is 6.44. The van der Waals surface area contributed by atoms with Gasteiger partial charge in [-0.1, -0.05) is 53.5 Å². The van der Waals surface area contributed by atoms with Crippen LogP contribution < -0.4 is 10.2 Å². The minimum Gasteiger partial charge on any atom is -0.342 e. The van der Waals surface area contributed by atoms with E-state index in [-0.39, 0.29) is 10.7 Å². The molecule has 1 saturated heterocycles. The first kappa shape index (κ1) is 24.3. The molecule has 5 rings (SSSR count). The van der Waals surface area contributed by atoms with Crippen LogP contribution in [0.2, 0.25) is 10.0 Å². The van der Waals surface area contributed by atoms with Gasteiger partial charge in [-0.15, -0.1) is 0 Å². The molecule has 0 atom stereocenters. The molecule has 1 N–H and O–H groups in total. The third kappa shape index (κ3) is 4.55. The van der Waals surface area contributed by atoms with Crippen molar-refractivity contribution in [1.29, 1.82) is 0 Å². The smallest absolute Gasteiger partial charge is 0.270 e. The van der Waals surface area contributed by atoms with E-state index in [0.29, 0.717) is 22.3 Å². The summed E-state index contributed by atoms with van der Waals surface area (Å²) in [5, 5.41) is 4.77. The Bertz CT molecular complexity index is 1590. The van der Waals surface area contributed by atoms with E-state index in [1.54, 1.807) is 18.2 Å². The Hall–Kier alpha value is -3.45. The normalized spacial score (nSPS) is 15.2. The molecular formula is C28H21Cl2N3O2S. The number of rotatable bonds is 4. The van der Waals surface area contributed by atoms with Gasteiger partial charge in [0.05, 0.1) is 5.69 Å². The summed E-state index contributed by atoms with van der Waals surface area (Å²) >= 11 is 17.8. The molecule has 1 aliphatic rings. The SMILES string of the molecule is Cc1cc(C)cc(N2C(=O)/C(=C/c3cn(Cc4ccc(Cl)cc4Cl)c4ccccc34)C(=O)NC2=S)c1. The molecule has 180 valence electrons. The Balaban J connectivity index is 1.58. The molecule has 0 radical (unpaired) electrons. The van der Waals surface area contributed by atoms with Crippen molar-refractivity contribution >= 4 is 75.0 Å². The van der Waals surface area contributed by atoms with Crippen LogP contribution in [-0.4, -0.2) is 21.5 Å². The van der Waals surface area contributed by atoms with Crippen LogP contribution in [0.15, 0.2) is 72.4 Å². The highest BCUT2D eigenvalue weighted by Crippen LogP contribution is 2.29. The van der Waals surface area contributed by atoms with Gasteiger partial charge in [0.1, 0.15) is 5.57 Å². The maximum Gasteiger partial charge on any atom is 0.270 e. The van der Waals surface area contributed by atoms with E-state index in [9.17, 15) is 9.59 Å². The number of amides is 2. The van der Waals surface area contributed by atoms with Crippen molar-refractivity contribution in [3.8, 4) is 0 Å². The van der Waals surface area contributed by atoms with E-state index in [1.165, 1.54) is 4.90 Å². The second-order valence-corrected chi connectivity index (χ2v) is 10.00. The highest BCUT2D eigenvalue weighted by molar-refractivity contribution is 7.80. The van der Waals surface area contributed by atoms with Crippen LogP contribution in [0, 0.1) is 13.8 Å². The van der Waals surface area contributed by atoms with E-state index in [1.807, 2.05) is 73.1 Å². The molecule has 0 spiro atoms. The number of hydrogen-bond acceptors (Lipinski definition) is 3. The molecule has 3 aromatic carbocycles. The first-order valence-corrected chi connectivity index (χ1v) is 12.4. The lowest BCUT2D eigenvalue weighted by Gasteiger charge is -2.29. The molecule has 4 aromatic rings. The summed E-state index contributed by atoms with van der Waals surface area (Å²) in [4.78, 5) is 27.8. The van der Waals surface area contributed by atoms with Gasteiger partial charge in [0, 0.05) is 39.3 Å². The number of aryl methyl sites for hydroxylation is 2. The molecule has 0 unspecified atom stereocenters. The standard InChI is InChI=1S/C28H21Cl2N3O2S/c1-16-9-17(2)11-21(10-16)33-27(35)23(26(34)31-28(33)36)12-19-15-32(25-6-4-3-5-22(19)25)14-18-7-8-20(29)13-24(18)30/h3-13,15H,14H2,1-2H3,(H,31,34,36)/b23-12+. The molecule has 36 heavy (non-hydrogen) atoms. The molecule has 0 saturated carbocycles. The van der Waals surface area contributed by atoms with Crippen LogP contribution in [0.5, 0.6) is 0 Å². The minimum atomic E-state index is -0.525. The summed E-state index contributed by atoms with van der Waals surface area (Å²) < 4.78 is 2.04. The van der Waals surface area contributed by atoms with Gasteiger partial charge in [0.25, 0.3) is 11.8 Å². The number of hydrogen-bond donors (Lipinski definition) is 1. The van der Waals surface area contributed by atoms with Crippen LogP contribution in [-0.2, 0) is 16.1 Å². The van der Waals surface area contributed by atoms with E-state index in [0.717, 1.165) is 33.2 Å². The Morgan fingerprint density at radius 2 is 1.69 bits per heavy atom. The van der Waals surface area contributed by atoms with Gasteiger partial charge in [-0.25, -0.2) is 0 Å². The van der Waals surface area contributed by atoms with Crippen molar-refractivity contribution < 1.29 is 9.59 Å². The van der Waals surface area contributed by atoms with Gasteiger partial charge in [0.15, 0.2) is 5.11 Å². The van der Waals surface area contributed by atoms with E-state index >= 15 is 0 Å². The highest BCUT2D eigenvalue weighted by atomic mass is 35.5. The fourth-order valence-electron chi connectivity index (χ4n) is 4.48. The summed E-state index contributed by atoms with van der Waals surface area (Å²) in [7, 11) is 0. The third-order valence-electron chi connectivity index (χ3n) is 6.04. The molecule has 0 bridgehead atoms. The zero-order chi connectivity index (χ0) is 25.6. The van der Waals surface area contributed by atoms with E-state index < -0.39 is 11.8 Å². The number of halogens is 2. The Morgan fingerprint density at radius 3 is 2.42 bits per heavy atom. The maximum atomic E-state index is 13.6. The number of aromatic nitrogens is 1. The zero-order valence-electron chi connectivity index (χ0n) is 19.5. The van der Waals surface area contributed by atoms with Gasteiger partial charge >= 0.3 is 0 Å². The minimum absolute atomic E-state index is 0.00943. The van der Waals surface area contributed by atoms with Gasteiger partial charge in [-0.05, 0) is 79.2 Å². The van der Waals surface area contributed by atoms with Gasteiger partial charge in [0.2, 0.25) is 0 Å². The van der Waals surface area contributed by atoms with Crippen molar-refractivity contribution in [2.24, 2.45) is 0 Å². The van der Waals surface area contributed by atoms with E-state index in [4.69, 9.17) is 35.4 Å². The number of carbonyl (C=O) groups is 2. The molecule has 1 aromatic heterocycles. The average Bonchev–Trinajstić information content (AvgIpc) is 3.15. The average molecular weight is 534 g/mol. The van der Waals surface area contributed by atoms with Crippen LogP contribution >= 0.6 is 35.4 Å². The predicted molar refractivity (Wildman–Crippen MR) is 150 cm³/mol. The number of anilines is 1. The third-order valence-corrected chi connectivity index (χ3v) is 6.91. The van der Waals surface area contributed by atoms with Gasteiger partial charge in [-0.2, -0.15) is 0 Å². The van der Waals surface area contributed by atoms with Crippen molar-refractivity contribution in [2.45, 2.75) is 20.4 Å². The topological polar surface area (TPSA) is 54.3 Å². The summed E-state index contributed by atoms with van der Waals surface area (Å²) in [6, 6.07) is 19.0. The lowest BCUT2D eigenvalue weighted by molar-refractivity contribution is -0.122. The highest BCUT2D eigenvalue weighted by Gasteiger charge is 2.34. The zero-order valence-corrected chi connectivity index (χ0v) is 21.8. The lowest BCUT2D eigenvalue weighted by atomic mass is 10.1. The fourth-order valence-corrected chi connectivity index (χ4v) is 5.23. The van der Waals surface area contributed by atoms with Gasteiger partial charge < -0.3 is 4.57 Å². The Labute approximate surface area is 223 Å². The van der Waals surface area contributed by atoms with Crippen molar-refractivity contribution in [3.63, 3.8) is 0 Å². The summed E-state index contributed by atoms with van der Waals surface area (Å²) in [6.07, 6.45) is 3.54. The largest absolute Gasteiger partial charge is 0.342 e. The molecule has 0 aliphatic carbocycles. The van der Waals surface area contributed by atoms with E-state index in [2.05, 4.69) is 5.32 Å². The van der Waals surface area contributed by atoms with Crippen LogP contribution in [0.1, 0.15) is 22.3 Å². The van der Waals surface area contributed by atoms with Crippen LogP contribution in [0.3, 0.4) is 0 Å². The summed E-state index contributed by atoms with van der Waals surface area (Å²) in [5.41, 5.74) is 5.20. The van der Waals surface area contributed by atoms with Crippen LogP contribution in [0.25, 0.3) is 17.0 Å². The Morgan fingerprint density at radius 1 is 0.972 bits per heavy atom. The first-order valence-electron chi connectivity index (χ1n) is 11.2. The Kier molecular flexibility index (Phi) is 6.43. The second kappa shape index (κ2) is 9.54. The number of fused-ring (bicyclic) bond motifs is 1. The number of para-hydroxylation sites is 1.